The Balaban J connectivity index is 1.90. The third-order valence-corrected chi connectivity index (χ3v) is 4.28. The zero-order valence-electron chi connectivity index (χ0n) is 14.0. The van der Waals surface area contributed by atoms with Crippen LogP contribution >= 0.6 is 0 Å². The largest absolute Gasteiger partial charge is 0.497 e. The number of β-amino-alcohol motifs (C(OH)–C–C–N with tert-alkyl or cyclic N) is 1. The quantitative estimate of drug-likeness (QED) is 0.916. The van der Waals surface area contributed by atoms with Crippen molar-refractivity contribution in [3.8, 4) is 11.6 Å². The van der Waals surface area contributed by atoms with Gasteiger partial charge in [0.25, 0.3) is 5.91 Å². The van der Waals surface area contributed by atoms with Gasteiger partial charge >= 0.3 is 0 Å². The zero-order valence-corrected chi connectivity index (χ0v) is 14.0. The van der Waals surface area contributed by atoms with Crippen molar-refractivity contribution in [2.24, 2.45) is 7.05 Å². The van der Waals surface area contributed by atoms with Gasteiger partial charge in [-0.05, 0) is 24.1 Å². The predicted molar refractivity (Wildman–Crippen MR) is 87.2 cm³/mol. The number of likely N-dealkylation sites (tertiary alicyclic amines) is 1. The van der Waals surface area contributed by atoms with Gasteiger partial charge in [-0.25, -0.2) is 4.68 Å². The van der Waals surface area contributed by atoms with E-state index in [1.165, 1.54) is 11.8 Å². The number of hydrogen-bond acceptors (Lipinski definition) is 5. The maximum absolute atomic E-state index is 12.9. The minimum Gasteiger partial charge on any atom is -0.497 e. The van der Waals surface area contributed by atoms with E-state index in [-0.39, 0.29) is 18.5 Å². The van der Waals surface area contributed by atoms with Crippen LogP contribution in [-0.4, -0.2) is 52.6 Å². The number of nitrogens with zero attached hydrogens (tertiary/aromatic N) is 3. The zero-order chi connectivity index (χ0) is 17.3. The van der Waals surface area contributed by atoms with Gasteiger partial charge in [-0.2, -0.15) is 5.10 Å². The Hall–Kier alpha value is -2.54. The van der Waals surface area contributed by atoms with E-state index >= 15 is 0 Å². The van der Waals surface area contributed by atoms with Crippen molar-refractivity contribution in [1.82, 2.24) is 14.7 Å². The maximum atomic E-state index is 12.9. The first kappa shape index (κ1) is 16.3. The number of carbonyl (C=O) groups excluding carboxylic acids is 1. The Morgan fingerprint density at radius 2 is 2.08 bits per heavy atom. The maximum Gasteiger partial charge on any atom is 0.275 e. The van der Waals surface area contributed by atoms with Gasteiger partial charge in [0, 0.05) is 19.7 Å². The van der Waals surface area contributed by atoms with Crippen LogP contribution in [0.2, 0.25) is 0 Å². The molecule has 2 atom stereocenters. The normalized spacial score (nSPS) is 20.2. The highest BCUT2D eigenvalue weighted by Gasteiger charge is 2.37. The van der Waals surface area contributed by atoms with Crippen LogP contribution in [0.4, 0.5) is 0 Å². The molecule has 0 radical (unpaired) electrons. The van der Waals surface area contributed by atoms with Crippen molar-refractivity contribution in [3.05, 3.63) is 41.6 Å². The summed E-state index contributed by atoms with van der Waals surface area (Å²) in [5, 5.41) is 14.3. The van der Waals surface area contributed by atoms with Crippen LogP contribution in [0, 0.1) is 0 Å². The van der Waals surface area contributed by atoms with E-state index in [2.05, 4.69) is 5.10 Å². The lowest BCUT2D eigenvalue weighted by molar-refractivity contribution is 0.0709. The van der Waals surface area contributed by atoms with Crippen LogP contribution in [-0.2, 0) is 7.05 Å². The molecule has 0 aliphatic carbocycles. The van der Waals surface area contributed by atoms with Gasteiger partial charge in [0.1, 0.15) is 5.75 Å². The van der Waals surface area contributed by atoms with Gasteiger partial charge in [0.05, 0.1) is 26.4 Å². The van der Waals surface area contributed by atoms with Crippen molar-refractivity contribution >= 4 is 5.91 Å². The van der Waals surface area contributed by atoms with Gasteiger partial charge in [0.2, 0.25) is 5.88 Å². The van der Waals surface area contributed by atoms with Crippen LogP contribution in [0.25, 0.3) is 0 Å². The van der Waals surface area contributed by atoms with E-state index in [1.54, 1.807) is 25.1 Å². The molecule has 1 aliphatic rings. The first-order chi connectivity index (χ1) is 11.5. The van der Waals surface area contributed by atoms with Crippen LogP contribution in [0.1, 0.15) is 28.5 Å². The second kappa shape index (κ2) is 6.52. The molecule has 1 fully saturated rings. The fourth-order valence-electron chi connectivity index (χ4n) is 3.10. The van der Waals surface area contributed by atoms with Gasteiger partial charge in [-0.1, -0.05) is 12.1 Å². The molecule has 1 saturated heterocycles. The second-order valence-corrected chi connectivity index (χ2v) is 5.83. The number of ether oxygens (including phenoxy) is 2. The molecule has 3 rings (SSSR count). The molecule has 0 unspecified atom stereocenters. The smallest absolute Gasteiger partial charge is 0.275 e. The second-order valence-electron chi connectivity index (χ2n) is 5.83. The number of rotatable bonds is 4. The molecule has 128 valence electrons. The number of aromatic nitrogens is 2. The lowest BCUT2D eigenvalue weighted by Crippen LogP contribution is -2.32. The fraction of sp³-hybridized carbons (Fsp3) is 0.412. The number of carbonyl (C=O) groups is 1. The summed E-state index contributed by atoms with van der Waals surface area (Å²) in [4.78, 5) is 14.5. The molecule has 0 bridgehead atoms. The lowest BCUT2D eigenvalue weighted by Gasteiger charge is -2.24. The molecule has 2 aromatic rings. The standard InChI is InChI=1S/C17H21N3O4/c1-19-16(24-3)9-14(18-19)17(22)20-10-12(21)8-15(20)11-5-4-6-13(7-11)23-2/h4-7,9,12,15,21H,8,10H2,1-3H3/t12-,15+/m0/s1. The Labute approximate surface area is 140 Å². The minimum atomic E-state index is -0.559. The van der Waals surface area contributed by atoms with Gasteiger partial charge in [-0.3, -0.25) is 4.79 Å². The molecule has 0 spiro atoms. The molecule has 7 heteroatoms. The number of methoxy groups -OCH3 is 2. The molecular formula is C17H21N3O4. The highest BCUT2D eigenvalue weighted by Crippen LogP contribution is 2.34. The Bertz CT molecular complexity index is 743. The number of hydrogen-bond donors (Lipinski definition) is 1. The van der Waals surface area contributed by atoms with E-state index in [1.807, 2.05) is 24.3 Å². The number of benzene rings is 1. The number of aryl methyl sites for hydroxylation is 1. The van der Waals surface area contributed by atoms with Crippen molar-refractivity contribution < 1.29 is 19.4 Å². The third kappa shape index (κ3) is 2.94. The first-order valence-corrected chi connectivity index (χ1v) is 7.74. The van der Waals surface area contributed by atoms with Crippen molar-refractivity contribution in [2.45, 2.75) is 18.6 Å². The molecule has 0 saturated carbocycles. The molecular weight excluding hydrogens is 310 g/mol. The van der Waals surface area contributed by atoms with Gasteiger partial charge in [0.15, 0.2) is 5.69 Å². The van der Waals surface area contributed by atoms with Crippen molar-refractivity contribution in [3.63, 3.8) is 0 Å². The number of amides is 1. The van der Waals surface area contributed by atoms with E-state index < -0.39 is 6.10 Å². The summed E-state index contributed by atoms with van der Waals surface area (Å²) in [6, 6.07) is 8.95. The Kier molecular flexibility index (Phi) is 4.44. The van der Waals surface area contributed by atoms with Crippen LogP contribution < -0.4 is 9.47 Å². The highest BCUT2D eigenvalue weighted by atomic mass is 16.5. The average molecular weight is 331 g/mol. The third-order valence-electron chi connectivity index (χ3n) is 4.28. The SMILES string of the molecule is COc1cccc([C@H]2C[C@H](O)CN2C(=O)c2cc(OC)n(C)n2)c1. The molecule has 24 heavy (non-hydrogen) atoms. The van der Waals surface area contributed by atoms with Crippen LogP contribution in [0.15, 0.2) is 30.3 Å². The van der Waals surface area contributed by atoms with Gasteiger partial charge in [-0.15, -0.1) is 0 Å². The van der Waals surface area contributed by atoms with Crippen molar-refractivity contribution in [2.75, 3.05) is 20.8 Å². The molecule has 1 aromatic carbocycles. The average Bonchev–Trinajstić information content (AvgIpc) is 3.17. The molecule has 7 nitrogen and oxygen atoms in total. The Morgan fingerprint density at radius 3 is 2.75 bits per heavy atom. The van der Waals surface area contributed by atoms with E-state index in [0.717, 1.165) is 11.3 Å². The molecule has 1 amide bonds. The van der Waals surface area contributed by atoms with E-state index in [0.29, 0.717) is 18.0 Å². The van der Waals surface area contributed by atoms with Crippen LogP contribution in [0.5, 0.6) is 11.6 Å². The summed E-state index contributed by atoms with van der Waals surface area (Å²) in [7, 11) is 4.85. The molecule has 1 N–H and O–H groups in total. The summed E-state index contributed by atoms with van der Waals surface area (Å²) in [5.41, 5.74) is 1.23. The monoisotopic (exact) mass is 331 g/mol. The van der Waals surface area contributed by atoms with Crippen LogP contribution in [0.3, 0.4) is 0 Å². The minimum absolute atomic E-state index is 0.212. The summed E-state index contributed by atoms with van der Waals surface area (Å²) in [5.74, 6) is 1.01. The topological polar surface area (TPSA) is 76.8 Å². The fourth-order valence-corrected chi connectivity index (χ4v) is 3.10. The Morgan fingerprint density at radius 1 is 1.29 bits per heavy atom. The molecule has 1 aliphatic heterocycles. The predicted octanol–water partition coefficient (Wildman–Crippen LogP) is 1.39. The van der Waals surface area contributed by atoms with E-state index in [4.69, 9.17) is 9.47 Å². The number of aliphatic hydroxyl groups is 1. The molecule has 1 aromatic heterocycles. The summed E-state index contributed by atoms with van der Waals surface area (Å²) in [6.45, 7) is 0.277. The van der Waals surface area contributed by atoms with Gasteiger partial charge < -0.3 is 19.5 Å². The highest BCUT2D eigenvalue weighted by molar-refractivity contribution is 5.93. The first-order valence-electron chi connectivity index (χ1n) is 7.74. The summed E-state index contributed by atoms with van der Waals surface area (Å²) in [6.07, 6.45) is -0.0705. The number of aliphatic hydroxyl groups excluding tert-OH is 1. The van der Waals surface area contributed by atoms with Crippen molar-refractivity contribution in [1.29, 1.82) is 0 Å². The van der Waals surface area contributed by atoms with E-state index in [9.17, 15) is 9.90 Å². The summed E-state index contributed by atoms with van der Waals surface area (Å²) >= 11 is 0. The summed E-state index contributed by atoms with van der Waals surface area (Å²) < 4.78 is 11.9. The molecule has 2 heterocycles. The lowest BCUT2D eigenvalue weighted by atomic mass is 10.0.